The summed E-state index contributed by atoms with van der Waals surface area (Å²) in [6, 6.07) is 10.0. The van der Waals surface area contributed by atoms with Gasteiger partial charge in [0, 0.05) is 50.4 Å². The minimum absolute atomic E-state index is 0.0988. The van der Waals surface area contributed by atoms with E-state index < -0.39 is 16.7 Å². The smallest absolute Gasteiger partial charge is 0.313 e. The summed E-state index contributed by atoms with van der Waals surface area (Å²) in [5, 5.41) is 23.4. The number of hydrogen-bond acceptors (Lipinski definition) is 7. The highest BCUT2D eigenvalue weighted by Gasteiger charge is 2.26. The van der Waals surface area contributed by atoms with Crippen LogP contribution in [-0.4, -0.2) is 71.3 Å². The molecular formula is C22H25FN4O5S. The second-order valence-corrected chi connectivity index (χ2v) is 8.72. The number of carbonyl (C=O) groups is 2. The number of carboxylic acids is 1. The fourth-order valence-corrected chi connectivity index (χ4v) is 4.60. The Morgan fingerprint density at radius 2 is 1.85 bits per heavy atom. The van der Waals surface area contributed by atoms with Crippen LogP contribution >= 0.6 is 11.8 Å². The number of anilines is 1. The van der Waals surface area contributed by atoms with Crippen LogP contribution in [0.1, 0.15) is 17.3 Å². The van der Waals surface area contributed by atoms with E-state index in [1.165, 1.54) is 30.3 Å². The zero-order chi connectivity index (χ0) is 24.0. The number of benzene rings is 2. The van der Waals surface area contributed by atoms with Crippen LogP contribution in [0, 0.1) is 15.9 Å². The molecule has 9 nitrogen and oxygen atoms in total. The zero-order valence-corrected chi connectivity index (χ0v) is 18.9. The third-order valence-electron chi connectivity index (χ3n) is 5.24. The first kappa shape index (κ1) is 24.5. The van der Waals surface area contributed by atoms with Crippen molar-refractivity contribution in [2.24, 2.45) is 0 Å². The SMILES string of the molecule is CC(CN1CCN(c2cccc([N+](=O)[O-])c2SCC(=O)O)CC1)NC(=O)c1ccc(F)cc1. The molecule has 1 atom stereocenters. The fourth-order valence-electron chi connectivity index (χ4n) is 3.70. The molecule has 2 N–H and O–H groups in total. The number of rotatable bonds is 9. The molecule has 33 heavy (non-hydrogen) atoms. The van der Waals surface area contributed by atoms with Gasteiger partial charge in [-0.05, 0) is 37.3 Å². The summed E-state index contributed by atoms with van der Waals surface area (Å²) < 4.78 is 13.0. The predicted molar refractivity (Wildman–Crippen MR) is 123 cm³/mol. The first-order valence-electron chi connectivity index (χ1n) is 10.4. The van der Waals surface area contributed by atoms with Crippen molar-refractivity contribution >= 4 is 35.0 Å². The van der Waals surface area contributed by atoms with E-state index in [2.05, 4.69) is 10.2 Å². The molecule has 176 valence electrons. The Labute approximate surface area is 194 Å². The zero-order valence-electron chi connectivity index (χ0n) is 18.1. The van der Waals surface area contributed by atoms with Crippen molar-refractivity contribution in [3.8, 4) is 0 Å². The molecule has 1 saturated heterocycles. The summed E-state index contributed by atoms with van der Waals surface area (Å²) in [5.74, 6) is -1.96. The summed E-state index contributed by atoms with van der Waals surface area (Å²) in [7, 11) is 0. The standard InChI is InChI=1S/C22H25FN4O5S/c1-15(24-22(30)16-5-7-17(23)8-6-16)13-25-9-11-26(12-10-25)18-3-2-4-19(27(31)32)21(18)33-14-20(28)29/h2-8,15H,9-14H2,1H3,(H,24,30)(H,28,29). The van der Waals surface area contributed by atoms with Crippen LogP contribution in [0.3, 0.4) is 0 Å². The number of nitrogens with one attached hydrogen (secondary N) is 1. The van der Waals surface area contributed by atoms with E-state index in [0.717, 1.165) is 11.8 Å². The van der Waals surface area contributed by atoms with Crippen LogP contribution in [0.15, 0.2) is 47.4 Å². The molecule has 0 saturated carbocycles. The van der Waals surface area contributed by atoms with E-state index in [-0.39, 0.29) is 23.4 Å². The summed E-state index contributed by atoms with van der Waals surface area (Å²) >= 11 is 0.953. The molecule has 0 radical (unpaired) electrons. The van der Waals surface area contributed by atoms with Gasteiger partial charge in [-0.1, -0.05) is 6.07 Å². The van der Waals surface area contributed by atoms with E-state index in [9.17, 15) is 24.1 Å². The lowest BCUT2D eigenvalue weighted by Gasteiger charge is -2.37. The Kier molecular flexibility index (Phi) is 8.23. The van der Waals surface area contributed by atoms with Crippen molar-refractivity contribution in [2.45, 2.75) is 17.9 Å². The fraction of sp³-hybridized carbons (Fsp3) is 0.364. The number of carbonyl (C=O) groups excluding carboxylic acids is 1. The number of nitro groups is 1. The molecule has 2 aromatic rings. The third-order valence-corrected chi connectivity index (χ3v) is 6.34. The first-order valence-corrected chi connectivity index (χ1v) is 11.4. The monoisotopic (exact) mass is 476 g/mol. The molecule has 1 aliphatic heterocycles. The average molecular weight is 477 g/mol. The van der Waals surface area contributed by atoms with Crippen LogP contribution in [0.4, 0.5) is 15.8 Å². The van der Waals surface area contributed by atoms with Gasteiger partial charge in [-0.3, -0.25) is 24.6 Å². The second-order valence-electron chi connectivity index (χ2n) is 7.73. The number of halogens is 1. The van der Waals surface area contributed by atoms with Gasteiger partial charge in [0.15, 0.2) is 0 Å². The third kappa shape index (κ3) is 6.65. The minimum atomic E-state index is -1.04. The van der Waals surface area contributed by atoms with Crippen molar-refractivity contribution in [2.75, 3.05) is 43.4 Å². The molecule has 1 unspecified atom stereocenters. The highest BCUT2D eigenvalue weighted by atomic mass is 32.2. The molecule has 0 aromatic heterocycles. The van der Waals surface area contributed by atoms with Crippen LogP contribution in [-0.2, 0) is 4.79 Å². The van der Waals surface area contributed by atoms with Gasteiger partial charge in [-0.25, -0.2) is 4.39 Å². The predicted octanol–water partition coefficient (Wildman–Crippen LogP) is 2.85. The van der Waals surface area contributed by atoms with E-state index >= 15 is 0 Å². The maximum Gasteiger partial charge on any atom is 0.313 e. The molecule has 1 aliphatic rings. The van der Waals surface area contributed by atoms with E-state index in [1.807, 2.05) is 11.8 Å². The number of aliphatic carboxylic acids is 1. The Balaban J connectivity index is 1.58. The molecule has 2 aromatic carbocycles. The topological polar surface area (TPSA) is 116 Å². The Morgan fingerprint density at radius 3 is 2.45 bits per heavy atom. The van der Waals surface area contributed by atoms with Gasteiger partial charge < -0.3 is 15.3 Å². The highest BCUT2D eigenvalue weighted by Crippen LogP contribution is 2.38. The van der Waals surface area contributed by atoms with Gasteiger partial charge in [0.1, 0.15) is 10.7 Å². The van der Waals surface area contributed by atoms with Crippen LogP contribution in [0.2, 0.25) is 0 Å². The number of amides is 1. The van der Waals surface area contributed by atoms with Crippen molar-refractivity contribution in [3.63, 3.8) is 0 Å². The van der Waals surface area contributed by atoms with Crippen molar-refractivity contribution in [3.05, 3.63) is 64.0 Å². The molecule has 0 aliphatic carbocycles. The minimum Gasteiger partial charge on any atom is -0.481 e. The highest BCUT2D eigenvalue weighted by molar-refractivity contribution is 8.00. The van der Waals surface area contributed by atoms with Gasteiger partial charge in [-0.2, -0.15) is 0 Å². The van der Waals surface area contributed by atoms with Gasteiger partial charge >= 0.3 is 5.97 Å². The van der Waals surface area contributed by atoms with E-state index in [0.29, 0.717) is 48.9 Å². The second kappa shape index (κ2) is 11.1. The molecule has 1 heterocycles. The van der Waals surface area contributed by atoms with Gasteiger partial charge in [0.25, 0.3) is 11.6 Å². The van der Waals surface area contributed by atoms with Crippen molar-refractivity contribution in [1.82, 2.24) is 10.2 Å². The van der Waals surface area contributed by atoms with Crippen molar-refractivity contribution in [1.29, 1.82) is 0 Å². The summed E-state index contributed by atoms with van der Waals surface area (Å²) in [6.07, 6.45) is 0. The van der Waals surface area contributed by atoms with Crippen molar-refractivity contribution < 1.29 is 24.0 Å². The normalized spacial score (nSPS) is 15.2. The number of piperazine rings is 1. The quantitative estimate of drug-likeness (QED) is 0.322. The lowest BCUT2D eigenvalue weighted by Crippen LogP contribution is -2.51. The summed E-state index contributed by atoms with van der Waals surface area (Å²) in [4.78, 5) is 38.9. The van der Waals surface area contributed by atoms with Crippen LogP contribution < -0.4 is 10.2 Å². The Hall–Kier alpha value is -3.18. The lowest BCUT2D eigenvalue weighted by atomic mass is 10.2. The van der Waals surface area contributed by atoms with E-state index in [1.54, 1.807) is 12.1 Å². The number of hydrogen-bond donors (Lipinski definition) is 2. The molecule has 0 bridgehead atoms. The average Bonchev–Trinajstić information content (AvgIpc) is 2.78. The lowest BCUT2D eigenvalue weighted by molar-refractivity contribution is -0.387. The molecule has 1 fully saturated rings. The molecule has 1 amide bonds. The summed E-state index contributed by atoms with van der Waals surface area (Å²) in [5.41, 5.74) is 0.955. The Morgan fingerprint density at radius 1 is 1.18 bits per heavy atom. The van der Waals surface area contributed by atoms with Gasteiger partial charge in [0.2, 0.25) is 0 Å². The number of carboxylic acid groups (broad SMARTS) is 1. The van der Waals surface area contributed by atoms with Crippen LogP contribution in [0.5, 0.6) is 0 Å². The van der Waals surface area contributed by atoms with Gasteiger partial charge in [-0.15, -0.1) is 11.8 Å². The number of nitro benzene ring substituents is 1. The van der Waals surface area contributed by atoms with E-state index in [4.69, 9.17) is 5.11 Å². The summed E-state index contributed by atoms with van der Waals surface area (Å²) in [6.45, 7) is 5.11. The van der Waals surface area contributed by atoms with Gasteiger partial charge in [0.05, 0.1) is 16.4 Å². The molecular weight excluding hydrogens is 451 g/mol. The Bertz CT molecular complexity index is 1010. The molecule has 0 spiro atoms. The number of thioether (sulfide) groups is 1. The largest absolute Gasteiger partial charge is 0.481 e. The molecule has 11 heteroatoms. The maximum absolute atomic E-state index is 13.0. The maximum atomic E-state index is 13.0. The first-order chi connectivity index (χ1) is 15.7. The number of nitrogens with zero attached hydrogens (tertiary/aromatic N) is 3. The molecule has 3 rings (SSSR count). The van der Waals surface area contributed by atoms with Crippen LogP contribution in [0.25, 0.3) is 0 Å².